The van der Waals surface area contributed by atoms with Gasteiger partial charge in [-0.25, -0.2) is 0 Å². The molecule has 1 aromatic rings. The highest BCUT2D eigenvalue weighted by Crippen LogP contribution is 2.22. The molecule has 0 aliphatic carbocycles. The molecule has 0 saturated carbocycles. The van der Waals surface area contributed by atoms with Crippen LogP contribution in [0.4, 0.5) is 0 Å². The van der Waals surface area contributed by atoms with E-state index in [1.54, 1.807) is 17.5 Å². The van der Waals surface area contributed by atoms with E-state index in [-0.39, 0.29) is 0 Å². The molecule has 5 heteroatoms. The third-order valence-corrected chi connectivity index (χ3v) is 2.57. The van der Waals surface area contributed by atoms with Gasteiger partial charge in [0.1, 0.15) is 0 Å². The maximum Gasteiger partial charge on any atom is 0.240 e. The van der Waals surface area contributed by atoms with Crippen molar-refractivity contribution in [1.82, 2.24) is 0 Å². The van der Waals surface area contributed by atoms with Gasteiger partial charge in [-0.2, -0.15) is 0 Å². The molecule has 0 spiro atoms. The molecule has 0 saturated heterocycles. The summed E-state index contributed by atoms with van der Waals surface area (Å²) in [5, 5.41) is 21.5. The molecule has 0 aliphatic rings. The molecule has 2 unspecified atom stereocenters. The lowest BCUT2D eigenvalue weighted by atomic mass is 10.2. The molecule has 0 bridgehead atoms. The van der Waals surface area contributed by atoms with E-state index in [9.17, 15) is 15.2 Å². The van der Waals surface area contributed by atoms with Gasteiger partial charge in [0.2, 0.25) is 6.04 Å². The Bertz CT molecular complexity index is 260. The van der Waals surface area contributed by atoms with Crippen molar-refractivity contribution in [2.24, 2.45) is 0 Å². The summed E-state index contributed by atoms with van der Waals surface area (Å²) >= 11 is 1.32. The quantitative estimate of drug-likeness (QED) is 0.575. The maximum atomic E-state index is 10.3. The average molecular weight is 187 g/mol. The van der Waals surface area contributed by atoms with Gasteiger partial charge in [0.05, 0.1) is 0 Å². The Morgan fingerprint density at radius 2 is 2.42 bits per heavy atom. The summed E-state index contributed by atoms with van der Waals surface area (Å²) in [5.41, 5.74) is 0. The van der Waals surface area contributed by atoms with Gasteiger partial charge in [-0.05, 0) is 11.4 Å². The summed E-state index contributed by atoms with van der Waals surface area (Å²) in [7, 11) is 0. The van der Waals surface area contributed by atoms with Crippen LogP contribution in [0, 0.1) is 10.1 Å². The topological polar surface area (TPSA) is 63.4 Å². The van der Waals surface area contributed by atoms with Gasteiger partial charge in [-0.1, -0.05) is 6.07 Å². The van der Waals surface area contributed by atoms with Crippen molar-refractivity contribution >= 4 is 11.3 Å². The number of nitrogens with zero attached hydrogens (tertiary/aromatic N) is 1. The van der Waals surface area contributed by atoms with Crippen LogP contribution in [0.15, 0.2) is 17.5 Å². The molecule has 12 heavy (non-hydrogen) atoms. The van der Waals surface area contributed by atoms with Crippen molar-refractivity contribution in [3.8, 4) is 0 Å². The van der Waals surface area contributed by atoms with E-state index >= 15 is 0 Å². The minimum Gasteiger partial charge on any atom is -0.380 e. The summed E-state index contributed by atoms with van der Waals surface area (Å²) in [6, 6.07) is 2.51. The fourth-order valence-corrected chi connectivity index (χ4v) is 1.62. The van der Waals surface area contributed by atoms with Crippen LogP contribution >= 0.6 is 11.3 Å². The van der Waals surface area contributed by atoms with Gasteiger partial charge < -0.3 is 5.11 Å². The summed E-state index contributed by atoms with van der Waals surface area (Å²) in [5.74, 6) is 0. The van der Waals surface area contributed by atoms with Crippen LogP contribution in [0.3, 0.4) is 0 Å². The molecular weight excluding hydrogens is 178 g/mol. The molecule has 0 aromatic carbocycles. The highest BCUT2D eigenvalue weighted by molar-refractivity contribution is 7.10. The summed E-state index contributed by atoms with van der Waals surface area (Å²) in [4.78, 5) is 10.4. The van der Waals surface area contributed by atoms with Gasteiger partial charge in [-0.3, -0.25) is 10.1 Å². The highest BCUT2D eigenvalue weighted by Gasteiger charge is 2.26. The first-order chi connectivity index (χ1) is 5.63. The van der Waals surface area contributed by atoms with Crippen LogP contribution in [-0.2, 0) is 0 Å². The molecular formula is C7H9NO3S. The minimum absolute atomic E-state index is 0.482. The molecule has 1 heterocycles. The largest absolute Gasteiger partial charge is 0.380 e. The predicted molar refractivity (Wildman–Crippen MR) is 45.7 cm³/mol. The Labute approximate surface area is 73.6 Å². The lowest BCUT2D eigenvalue weighted by Gasteiger charge is -2.09. The Kier molecular flexibility index (Phi) is 2.78. The van der Waals surface area contributed by atoms with Crippen molar-refractivity contribution in [2.45, 2.75) is 19.1 Å². The standard InChI is InChI=1S/C7H9NO3S/c1-5(8(10)11)7(9)6-3-2-4-12-6/h2-5,7,9H,1H3. The van der Waals surface area contributed by atoms with Crippen molar-refractivity contribution in [3.05, 3.63) is 32.5 Å². The van der Waals surface area contributed by atoms with E-state index in [0.29, 0.717) is 4.88 Å². The van der Waals surface area contributed by atoms with Crippen LogP contribution < -0.4 is 0 Å². The first-order valence-corrected chi connectivity index (χ1v) is 4.36. The van der Waals surface area contributed by atoms with Gasteiger partial charge in [0, 0.05) is 16.7 Å². The molecule has 1 N–H and O–H groups in total. The molecule has 0 radical (unpaired) electrons. The van der Waals surface area contributed by atoms with Crippen molar-refractivity contribution in [1.29, 1.82) is 0 Å². The second kappa shape index (κ2) is 3.64. The Morgan fingerprint density at radius 1 is 1.75 bits per heavy atom. The van der Waals surface area contributed by atoms with Crippen LogP contribution in [0.25, 0.3) is 0 Å². The van der Waals surface area contributed by atoms with Crippen LogP contribution in [0.1, 0.15) is 17.9 Å². The third kappa shape index (κ3) is 1.80. The molecule has 0 fully saturated rings. The third-order valence-electron chi connectivity index (χ3n) is 1.62. The number of nitro groups is 1. The molecule has 0 aliphatic heterocycles. The van der Waals surface area contributed by atoms with Crippen LogP contribution in [0.5, 0.6) is 0 Å². The van der Waals surface area contributed by atoms with E-state index in [4.69, 9.17) is 0 Å². The number of hydrogen-bond donors (Lipinski definition) is 1. The first-order valence-electron chi connectivity index (χ1n) is 3.48. The van der Waals surface area contributed by atoms with Crippen molar-refractivity contribution < 1.29 is 10.0 Å². The highest BCUT2D eigenvalue weighted by atomic mass is 32.1. The van der Waals surface area contributed by atoms with E-state index in [0.717, 1.165) is 0 Å². The Hall–Kier alpha value is -0.940. The smallest absolute Gasteiger partial charge is 0.240 e. The van der Waals surface area contributed by atoms with Crippen molar-refractivity contribution in [2.75, 3.05) is 0 Å². The fraction of sp³-hybridized carbons (Fsp3) is 0.429. The molecule has 1 aromatic heterocycles. The molecule has 0 amide bonds. The lowest BCUT2D eigenvalue weighted by Crippen LogP contribution is -2.23. The first kappa shape index (κ1) is 9.15. The second-order valence-electron chi connectivity index (χ2n) is 2.49. The van der Waals surface area contributed by atoms with Gasteiger partial charge >= 0.3 is 0 Å². The SMILES string of the molecule is CC(C(O)c1cccs1)[N+](=O)[O-]. The molecule has 2 atom stereocenters. The van der Waals surface area contributed by atoms with E-state index < -0.39 is 17.1 Å². The zero-order valence-electron chi connectivity index (χ0n) is 6.51. The lowest BCUT2D eigenvalue weighted by molar-refractivity contribution is -0.531. The average Bonchev–Trinajstić information content (AvgIpc) is 2.53. The second-order valence-corrected chi connectivity index (χ2v) is 3.47. The van der Waals surface area contributed by atoms with Crippen LogP contribution in [-0.4, -0.2) is 16.1 Å². The maximum absolute atomic E-state index is 10.3. The van der Waals surface area contributed by atoms with E-state index in [1.165, 1.54) is 18.3 Å². The molecule has 66 valence electrons. The summed E-state index contributed by atoms with van der Waals surface area (Å²) < 4.78 is 0. The normalized spacial score (nSPS) is 15.5. The number of thiophene rings is 1. The summed E-state index contributed by atoms with van der Waals surface area (Å²) in [6.45, 7) is 1.39. The zero-order valence-corrected chi connectivity index (χ0v) is 7.32. The Morgan fingerprint density at radius 3 is 2.83 bits per heavy atom. The molecule has 4 nitrogen and oxygen atoms in total. The number of hydrogen-bond acceptors (Lipinski definition) is 4. The Balaban J connectivity index is 2.71. The van der Waals surface area contributed by atoms with Crippen LogP contribution in [0.2, 0.25) is 0 Å². The van der Waals surface area contributed by atoms with Gasteiger partial charge in [-0.15, -0.1) is 11.3 Å². The van der Waals surface area contributed by atoms with E-state index in [1.807, 2.05) is 0 Å². The number of aliphatic hydroxyl groups is 1. The number of aliphatic hydroxyl groups excluding tert-OH is 1. The summed E-state index contributed by atoms with van der Waals surface area (Å²) in [6.07, 6.45) is -0.986. The number of rotatable bonds is 3. The minimum atomic E-state index is -0.986. The fourth-order valence-electron chi connectivity index (χ4n) is 0.813. The van der Waals surface area contributed by atoms with Crippen molar-refractivity contribution in [3.63, 3.8) is 0 Å². The van der Waals surface area contributed by atoms with Gasteiger partial charge in [0.25, 0.3) is 0 Å². The molecule has 1 rings (SSSR count). The monoisotopic (exact) mass is 187 g/mol. The van der Waals surface area contributed by atoms with E-state index in [2.05, 4.69) is 0 Å². The van der Waals surface area contributed by atoms with Gasteiger partial charge in [0.15, 0.2) is 6.10 Å². The predicted octanol–water partition coefficient (Wildman–Crippen LogP) is 1.45. The zero-order chi connectivity index (χ0) is 9.14.